The summed E-state index contributed by atoms with van der Waals surface area (Å²) in [6.45, 7) is 9.75. The van der Waals surface area contributed by atoms with Crippen LogP contribution in [-0.4, -0.2) is 35.9 Å². The van der Waals surface area contributed by atoms with E-state index in [0.29, 0.717) is 24.6 Å². The molecule has 4 rings (SSSR count). The van der Waals surface area contributed by atoms with E-state index in [9.17, 15) is 9.59 Å². The molecular formula is C29H38N2O3. The fourth-order valence-corrected chi connectivity index (χ4v) is 4.75. The Morgan fingerprint density at radius 2 is 1.94 bits per heavy atom. The van der Waals surface area contributed by atoms with E-state index in [-0.39, 0.29) is 23.8 Å². The van der Waals surface area contributed by atoms with Gasteiger partial charge in [0, 0.05) is 19.0 Å². The smallest absolute Gasteiger partial charge is 0.261 e. The van der Waals surface area contributed by atoms with Crippen LogP contribution in [0.25, 0.3) is 0 Å². The van der Waals surface area contributed by atoms with Crippen molar-refractivity contribution in [2.75, 3.05) is 13.1 Å². The van der Waals surface area contributed by atoms with Gasteiger partial charge in [-0.25, -0.2) is 0 Å². The molecule has 182 valence electrons. The van der Waals surface area contributed by atoms with Gasteiger partial charge >= 0.3 is 0 Å². The van der Waals surface area contributed by atoms with Crippen LogP contribution in [-0.2, 0) is 16.0 Å². The van der Waals surface area contributed by atoms with Crippen molar-refractivity contribution in [2.24, 2.45) is 11.8 Å². The summed E-state index contributed by atoms with van der Waals surface area (Å²) in [4.78, 5) is 28.0. The van der Waals surface area contributed by atoms with Crippen LogP contribution in [0.1, 0.15) is 74.8 Å². The van der Waals surface area contributed by atoms with E-state index >= 15 is 0 Å². The Morgan fingerprint density at radius 3 is 2.62 bits per heavy atom. The molecule has 0 bridgehead atoms. The molecule has 1 fully saturated rings. The zero-order chi connectivity index (χ0) is 24.2. The predicted octanol–water partition coefficient (Wildman–Crippen LogP) is 5.20. The summed E-state index contributed by atoms with van der Waals surface area (Å²) in [5.41, 5.74) is 4.66. The van der Waals surface area contributed by atoms with Crippen molar-refractivity contribution in [1.82, 2.24) is 10.2 Å². The van der Waals surface area contributed by atoms with Gasteiger partial charge in [0.1, 0.15) is 5.75 Å². The van der Waals surface area contributed by atoms with Crippen LogP contribution >= 0.6 is 0 Å². The van der Waals surface area contributed by atoms with E-state index < -0.39 is 6.10 Å². The molecule has 0 saturated heterocycles. The summed E-state index contributed by atoms with van der Waals surface area (Å²) >= 11 is 0. The van der Waals surface area contributed by atoms with Crippen molar-refractivity contribution in [2.45, 2.75) is 71.9 Å². The topological polar surface area (TPSA) is 58.6 Å². The van der Waals surface area contributed by atoms with Crippen molar-refractivity contribution < 1.29 is 14.3 Å². The lowest BCUT2D eigenvalue weighted by Gasteiger charge is -2.38. The molecule has 2 amide bonds. The first-order valence-electron chi connectivity index (χ1n) is 12.8. The van der Waals surface area contributed by atoms with E-state index in [1.165, 1.54) is 11.1 Å². The Morgan fingerprint density at radius 1 is 1.15 bits per heavy atom. The summed E-state index contributed by atoms with van der Waals surface area (Å²) < 4.78 is 6.20. The Hall–Kier alpha value is -2.82. The van der Waals surface area contributed by atoms with Gasteiger partial charge in [0.2, 0.25) is 5.91 Å². The minimum Gasteiger partial charge on any atom is -0.481 e. The molecule has 2 unspecified atom stereocenters. The van der Waals surface area contributed by atoms with E-state index in [0.717, 1.165) is 43.4 Å². The molecule has 5 nitrogen and oxygen atoms in total. The minimum absolute atomic E-state index is 0.0679. The highest BCUT2D eigenvalue weighted by Gasteiger charge is 2.39. The molecule has 2 aromatic carbocycles. The zero-order valence-corrected chi connectivity index (χ0v) is 21.0. The number of ether oxygens (including phenoxy) is 1. The SMILES string of the molecule is CCC(Oc1ccc2c(c1)C(c1cccc(C)c1)N(C(=O)C1CC1)CC2)C(=O)NCCC(C)C. The quantitative estimate of drug-likeness (QED) is 0.557. The molecule has 0 spiro atoms. The van der Waals surface area contributed by atoms with Gasteiger partial charge in [0.05, 0.1) is 6.04 Å². The standard InChI is InChI=1S/C29H38N2O3/c1-5-26(28(32)30-15-13-19(2)3)34-24-12-11-21-14-16-31(29(33)22-9-10-22)27(25(21)18-24)23-8-6-7-20(4)17-23/h6-8,11-12,17-19,22,26-27H,5,9-10,13-16H2,1-4H3,(H,30,32). The Labute approximate surface area is 203 Å². The number of carbonyl (C=O) groups excluding carboxylic acids is 2. The predicted molar refractivity (Wildman–Crippen MR) is 135 cm³/mol. The second-order valence-corrected chi connectivity index (χ2v) is 10.2. The third-order valence-corrected chi connectivity index (χ3v) is 6.88. The molecule has 1 saturated carbocycles. The summed E-state index contributed by atoms with van der Waals surface area (Å²) in [7, 11) is 0. The Kier molecular flexibility index (Phi) is 7.60. The van der Waals surface area contributed by atoms with Crippen LogP contribution in [0.3, 0.4) is 0 Å². The van der Waals surface area contributed by atoms with Gasteiger partial charge in [-0.15, -0.1) is 0 Å². The molecule has 34 heavy (non-hydrogen) atoms. The van der Waals surface area contributed by atoms with Crippen LogP contribution in [0, 0.1) is 18.8 Å². The molecule has 2 aromatic rings. The Balaban J connectivity index is 1.60. The van der Waals surface area contributed by atoms with E-state index in [4.69, 9.17) is 4.74 Å². The van der Waals surface area contributed by atoms with Gasteiger partial charge in [0.25, 0.3) is 5.91 Å². The third-order valence-electron chi connectivity index (χ3n) is 6.88. The lowest BCUT2D eigenvalue weighted by atomic mass is 9.87. The molecular weight excluding hydrogens is 424 g/mol. The van der Waals surface area contributed by atoms with Gasteiger partial charge in [-0.3, -0.25) is 9.59 Å². The maximum absolute atomic E-state index is 13.2. The van der Waals surface area contributed by atoms with Crippen LogP contribution in [0.15, 0.2) is 42.5 Å². The van der Waals surface area contributed by atoms with Crippen LogP contribution in [0.4, 0.5) is 0 Å². The van der Waals surface area contributed by atoms with Gasteiger partial charge in [-0.05, 0) is 73.8 Å². The van der Waals surface area contributed by atoms with Crippen molar-refractivity contribution in [3.05, 3.63) is 64.7 Å². The summed E-state index contributed by atoms with van der Waals surface area (Å²) in [6, 6.07) is 14.4. The first-order valence-corrected chi connectivity index (χ1v) is 12.8. The normalized spacial score (nSPS) is 18.4. The van der Waals surface area contributed by atoms with Gasteiger partial charge in [-0.2, -0.15) is 0 Å². The molecule has 2 aliphatic rings. The van der Waals surface area contributed by atoms with Crippen molar-refractivity contribution >= 4 is 11.8 Å². The number of benzene rings is 2. The molecule has 2 atom stereocenters. The molecule has 1 aliphatic heterocycles. The fourth-order valence-electron chi connectivity index (χ4n) is 4.75. The number of hydrogen-bond acceptors (Lipinski definition) is 3. The van der Waals surface area contributed by atoms with Crippen molar-refractivity contribution in [3.8, 4) is 5.75 Å². The number of hydrogen-bond donors (Lipinski definition) is 1. The fraction of sp³-hybridized carbons (Fsp3) is 0.517. The lowest BCUT2D eigenvalue weighted by molar-refractivity contribution is -0.134. The summed E-state index contributed by atoms with van der Waals surface area (Å²) in [6.07, 6.45) is 3.84. The molecule has 0 aromatic heterocycles. The number of nitrogens with one attached hydrogen (secondary N) is 1. The number of aryl methyl sites for hydroxylation is 1. The van der Waals surface area contributed by atoms with E-state index in [2.05, 4.69) is 67.4 Å². The third kappa shape index (κ3) is 5.63. The first kappa shape index (κ1) is 24.3. The average Bonchev–Trinajstić information content (AvgIpc) is 3.66. The second kappa shape index (κ2) is 10.6. The summed E-state index contributed by atoms with van der Waals surface area (Å²) in [5.74, 6) is 1.60. The van der Waals surface area contributed by atoms with Crippen LogP contribution < -0.4 is 10.1 Å². The molecule has 1 aliphatic carbocycles. The van der Waals surface area contributed by atoms with Crippen molar-refractivity contribution in [3.63, 3.8) is 0 Å². The number of nitrogens with zero attached hydrogens (tertiary/aromatic N) is 1. The Bertz CT molecular complexity index is 1030. The van der Waals surface area contributed by atoms with Crippen LogP contribution in [0.5, 0.6) is 5.75 Å². The van der Waals surface area contributed by atoms with Gasteiger partial charge < -0.3 is 15.0 Å². The highest BCUT2D eigenvalue weighted by Crippen LogP contribution is 2.41. The molecule has 1 N–H and O–H groups in total. The van der Waals surface area contributed by atoms with Crippen molar-refractivity contribution in [1.29, 1.82) is 0 Å². The molecule has 5 heteroatoms. The molecule has 0 radical (unpaired) electrons. The number of fused-ring (bicyclic) bond motifs is 1. The number of amides is 2. The summed E-state index contributed by atoms with van der Waals surface area (Å²) in [5, 5.41) is 3.01. The maximum Gasteiger partial charge on any atom is 0.261 e. The monoisotopic (exact) mass is 462 g/mol. The zero-order valence-electron chi connectivity index (χ0n) is 21.0. The largest absolute Gasteiger partial charge is 0.481 e. The molecule has 1 heterocycles. The van der Waals surface area contributed by atoms with Gasteiger partial charge in [0.15, 0.2) is 6.10 Å². The van der Waals surface area contributed by atoms with E-state index in [1.807, 2.05) is 13.0 Å². The average molecular weight is 463 g/mol. The highest BCUT2D eigenvalue weighted by molar-refractivity contribution is 5.82. The number of rotatable bonds is 9. The highest BCUT2D eigenvalue weighted by atomic mass is 16.5. The number of carbonyl (C=O) groups is 2. The van der Waals surface area contributed by atoms with E-state index in [1.54, 1.807) is 0 Å². The lowest BCUT2D eigenvalue weighted by Crippen LogP contribution is -2.41. The minimum atomic E-state index is -0.532. The van der Waals surface area contributed by atoms with Gasteiger partial charge in [-0.1, -0.05) is 56.7 Å². The maximum atomic E-state index is 13.2. The first-order chi connectivity index (χ1) is 16.4. The van der Waals surface area contributed by atoms with Crippen LogP contribution in [0.2, 0.25) is 0 Å². The second-order valence-electron chi connectivity index (χ2n) is 10.2.